The van der Waals surface area contributed by atoms with Crippen LogP contribution >= 0.6 is 12.4 Å². The van der Waals surface area contributed by atoms with E-state index in [0.717, 1.165) is 11.3 Å². The highest BCUT2D eigenvalue weighted by Crippen LogP contribution is 2.44. The molecule has 0 aliphatic carbocycles. The molecule has 0 aromatic heterocycles. The molecular formula is C15H25ClN2O3S. The zero-order chi connectivity index (χ0) is 15.8. The molecule has 1 aromatic carbocycles. The minimum absolute atomic E-state index is 0. The number of nitrogen functional groups attached to an aromatic ring is 1. The first-order chi connectivity index (χ1) is 9.70. The summed E-state index contributed by atoms with van der Waals surface area (Å²) in [5.41, 5.74) is 6.93. The maximum atomic E-state index is 12.4. The van der Waals surface area contributed by atoms with E-state index in [1.807, 2.05) is 32.9 Å². The van der Waals surface area contributed by atoms with Crippen molar-refractivity contribution in [3.8, 4) is 5.75 Å². The molecule has 0 saturated heterocycles. The molecule has 0 fully saturated rings. The number of hydrogen-bond donors (Lipinski definition) is 1. The third-order valence-corrected chi connectivity index (χ3v) is 5.80. The second-order valence-electron chi connectivity index (χ2n) is 5.98. The number of halogens is 1. The van der Waals surface area contributed by atoms with Crippen LogP contribution in [0, 0.1) is 0 Å². The van der Waals surface area contributed by atoms with E-state index in [9.17, 15) is 8.42 Å². The van der Waals surface area contributed by atoms with Crippen molar-refractivity contribution in [2.45, 2.75) is 45.8 Å². The smallest absolute Gasteiger partial charge is 0.214 e. The van der Waals surface area contributed by atoms with Gasteiger partial charge in [0.05, 0.1) is 11.8 Å². The second kappa shape index (κ2) is 6.64. The van der Waals surface area contributed by atoms with Crippen LogP contribution in [0.4, 0.5) is 5.69 Å². The van der Waals surface area contributed by atoms with Gasteiger partial charge in [0.15, 0.2) is 0 Å². The van der Waals surface area contributed by atoms with Crippen molar-refractivity contribution in [1.82, 2.24) is 4.31 Å². The molecule has 0 saturated carbocycles. The average molecular weight is 349 g/mol. The van der Waals surface area contributed by atoms with Gasteiger partial charge < -0.3 is 10.5 Å². The first kappa shape index (κ1) is 19.1. The Kier molecular flexibility index (Phi) is 5.76. The van der Waals surface area contributed by atoms with Crippen LogP contribution in [-0.2, 0) is 10.0 Å². The molecular weight excluding hydrogens is 324 g/mol. The Balaban J connectivity index is 0.00000242. The Morgan fingerprint density at radius 1 is 1.36 bits per heavy atom. The lowest BCUT2D eigenvalue weighted by molar-refractivity contribution is 0.0512. The topological polar surface area (TPSA) is 72.6 Å². The van der Waals surface area contributed by atoms with E-state index < -0.39 is 15.6 Å². The van der Waals surface area contributed by atoms with Gasteiger partial charge in [0, 0.05) is 24.2 Å². The van der Waals surface area contributed by atoms with Crippen LogP contribution in [0.5, 0.6) is 5.75 Å². The summed E-state index contributed by atoms with van der Waals surface area (Å²) in [5, 5.41) is 0. The van der Waals surface area contributed by atoms with Crippen LogP contribution in [0.3, 0.4) is 0 Å². The largest absolute Gasteiger partial charge is 0.487 e. The quantitative estimate of drug-likeness (QED) is 0.849. The van der Waals surface area contributed by atoms with Crippen LogP contribution in [0.1, 0.15) is 45.7 Å². The molecule has 7 heteroatoms. The number of benzene rings is 1. The van der Waals surface area contributed by atoms with Crippen LogP contribution in [0.25, 0.3) is 0 Å². The number of anilines is 1. The van der Waals surface area contributed by atoms with Crippen LogP contribution in [0.15, 0.2) is 18.2 Å². The van der Waals surface area contributed by atoms with Crippen molar-refractivity contribution in [2.75, 3.05) is 18.0 Å². The summed E-state index contributed by atoms with van der Waals surface area (Å²) in [6.07, 6.45) is 0.608. The van der Waals surface area contributed by atoms with Crippen LogP contribution < -0.4 is 10.5 Å². The summed E-state index contributed by atoms with van der Waals surface area (Å²) in [7, 11) is -3.28. The highest BCUT2D eigenvalue weighted by atomic mass is 35.5. The van der Waals surface area contributed by atoms with Crippen molar-refractivity contribution >= 4 is 28.1 Å². The molecule has 1 aliphatic rings. The first-order valence-corrected chi connectivity index (χ1v) is 8.89. The third-order valence-electron chi connectivity index (χ3n) is 3.85. The number of rotatable bonds is 4. The van der Waals surface area contributed by atoms with Crippen molar-refractivity contribution in [3.63, 3.8) is 0 Å². The fraction of sp³-hybridized carbons (Fsp3) is 0.600. The summed E-state index contributed by atoms with van der Waals surface area (Å²) >= 11 is 0. The molecule has 1 atom stereocenters. The summed E-state index contributed by atoms with van der Waals surface area (Å²) in [6.45, 7) is 7.92. The predicted octanol–water partition coefficient (Wildman–Crippen LogP) is 2.96. The van der Waals surface area contributed by atoms with E-state index >= 15 is 0 Å². The van der Waals surface area contributed by atoms with Gasteiger partial charge in [-0.05, 0) is 39.0 Å². The standard InChI is InChI=1S/C15H24N2O3S.ClH/c1-5-17(21(18,19)6-2)13-10-15(3,4)20-14-8-7-11(16)9-12(13)14;/h7-9,13H,5-6,10,16H2,1-4H3;1H. The van der Waals surface area contributed by atoms with E-state index in [2.05, 4.69) is 0 Å². The van der Waals surface area contributed by atoms with Gasteiger partial charge in [0.25, 0.3) is 0 Å². The van der Waals surface area contributed by atoms with E-state index in [-0.39, 0.29) is 24.2 Å². The molecule has 0 amide bonds. The van der Waals surface area contributed by atoms with Gasteiger partial charge in [-0.15, -0.1) is 12.4 Å². The SMILES string of the molecule is CCN(C1CC(C)(C)Oc2ccc(N)cc21)S(=O)(=O)CC.Cl. The predicted molar refractivity (Wildman–Crippen MR) is 92.0 cm³/mol. The molecule has 1 heterocycles. The molecule has 0 bridgehead atoms. The molecule has 5 nitrogen and oxygen atoms in total. The normalized spacial score (nSPS) is 20.0. The first-order valence-electron chi connectivity index (χ1n) is 7.28. The molecule has 2 N–H and O–H groups in total. The van der Waals surface area contributed by atoms with Crippen molar-refractivity contribution in [3.05, 3.63) is 23.8 Å². The molecule has 22 heavy (non-hydrogen) atoms. The van der Waals surface area contributed by atoms with Gasteiger partial charge in [0.1, 0.15) is 11.4 Å². The fourth-order valence-corrected chi connectivity index (χ4v) is 4.17. The minimum atomic E-state index is -3.28. The third kappa shape index (κ3) is 3.67. The molecule has 0 radical (unpaired) electrons. The van der Waals surface area contributed by atoms with Gasteiger partial charge in [-0.25, -0.2) is 8.42 Å². The number of nitrogens with zero attached hydrogens (tertiary/aromatic N) is 1. The van der Waals surface area contributed by atoms with Gasteiger partial charge in [0.2, 0.25) is 10.0 Å². The summed E-state index contributed by atoms with van der Waals surface area (Å²) < 4.78 is 32.3. The zero-order valence-corrected chi connectivity index (χ0v) is 15.1. The van der Waals surface area contributed by atoms with Gasteiger partial charge in [-0.3, -0.25) is 0 Å². The van der Waals surface area contributed by atoms with Crippen molar-refractivity contribution < 1.29 is 13.2 Å². The molecule has 1 aliphatic heterocycles. The number of sulfonamides is 1. The van der Waals surface area contributed by atoms with E-state index in [1.165, 1.54) is 0 Å². The summed E-state index contributed by atoms with van der Waals surface area (Å²) in [6, 6.07) is 5.19. The highest BCUT2D eigenvalue weighted by Gasteiger charge is 2.39. The molecule has 2 rings (SSSR count). The van der Waals surface area contributed by atoms with E-state index in [1.54, 1.807) is 17.3 Å². The average Bonchev–Trinajstić information content (AvgIpc) is 2.39. The lowest BCUT2D eigenvalue weighted by Gasteiger charge is -2.41. The van der Waals surface area contributed by atoms with E-state index in [4.69, 9.17) is 10.5 Å². The summed E-state index contributed by atoms with van der Waals surface area (Å²) in [5.74, 6) is 0.811. The van der Waals surface area contributed by atoms with Crippen molar-refractivity contribution in [2.24, 2.45) is 0 Å². The van der Waals surface area contributed by atoms with Crippen LogP contribution in [-0.4, -0.2) is 30.6 Å². The zero-order valence-electron chi connectivity index (χ0n) is 13.5. The van der Waals surface area contributed by atoms with Gasteiger partial charge >= 0.3 is 0 Å². The number of ether oxygens (including phenoxy) is 1. The Bertz CT molecular complexity index is 632. The molecule has 0 spiro atoms. The Morgan fingerprint density at radius 3 is 2.55 bits per heavy atom. The lowest BCUT2D eigenvalue weighted by Crippen LogP contribution is -2.44. The maximum Gasteiger partial charge on any atom is 0.214 e. The van der Waals surface area contributed by atoms with Gasteiger partial charge in [-0.1, -0.05) is 6.92 Å². The number of nitrogens with two attached hydrogens (primary N) is 1. The Labute approximate surface area is 139 Å². The van der Waals surface area contributed by atoms with E-state index in [0.29, 0.717) is 18.7 Å². The molecule has 1 aromatic rings. The van der Waals surface area contributed by atoms with Crippen molar-refractivity contribution in [1.29, 1.82) is 0 Å². The Morgan fingerprint density at radius 2 is 2.00 bits per heavy atom. The minimum Gasteiger partial charge on any atom is -0.487 e. The van der Waals surface area contributed by atoms with Crippen LogP contribution in [0.2, 0.25) is 0 Å². The summed E-state index contributed by atoms with van der Waals surface area (Å²) in [4.78, 5) is 0. The maximum absolute atomic E-state index is 12.4. The fourth-order valence-electron chi connectivity index (χ4n) is 2.87. The molecule has 126 valence electrons. The monoisotopic (exact) mass is 348 g/mol. The number of hydrogen-bond acceptors (Lipinski definition) is 4. The molecule has 1 unspecified atom stereocenters. The highest BCUT2D eigenvalue weighted by molar-refractivity contribution is 7.89. The van der Waals surface area contributed by atoms with Gasteiger partial charge in [-0.2, -0.15) is 4.31 Å². The lowest BCUT2D eigenvalue weighted by atomic mass is 9.89. The number of fused-ring (bicyclic) bond motifs is 1. The second-order valence-corrected chi connectivity index (χ2v) is 8.19. The Hall–Kier alpha value is -0.980.